The van der Waals surface area contributed by atoms with Crippen molar-refractivity contribution in [2.24, 2.45) is 10.9 Å². The van der Waals surface area contributed by atoms with Crippen LogP contribution in [-0.4, -0.2) is 51.3 Å². The molecule has 0 amide bonds. The molecule has 0 bridgehead atoms. The van der Waals surface area contributed by atoms with Crippen LogP contribution in [0.5, 0.6) is 17.2 Å². The van der Waals surface area contributed by atoms with E-state index >= 15 is 0 Å². The van der Waals surface area contributed by atoms with Crippen molar-refractivity contribution in [1.29, 1.82) is 0 Å². The van der Waals surface area contributed by atoms with Crippen LogP contribution in [0.1, 0.15) is 18.9 Å². The van der Waals surface area contributed by atoms with Gasteiger partial charge in [0.15, 0.2) is 17.5 Å². The maximum Gasteiger partial charge on any atom is 0.193 e. The molecule has 3 rings (SSSR count). The van der Waals surface area contributed by atoms with Gasteiger partial charge >= 0.3 is 0 Å². The number of aliphatic imine (C=N–C) groups is 1. The van der Waals surface area contributed by atoms with Gasteiger partial charge in [-0.2, -0.15) is 0 Å². The lowest BCUT2D eigenvalue weighted by atomic mass is 10.1. The van der Waals surface area contributed by atoms with Crippen LogP contribution in [0, 0.1) is 5.92 Å². The normalized spacial score (nSPS) is 16.5. The smallest absolute Gasteiger partial charge is 0.193 e. The Morgan fingerprint density at radius 3 is 2.59 bits per heavy atom. The van der Waals surface area contributed by atoms with Gasteiger partial charge in [-0.15, -0.1) is 0 Å². The van der Waals surface area contributed by atoms with E-state index in [0.717, 1.165) is 50.0 Å². The van der Waals surface area contributed by atoms with Crippen LogP contribution in [-0.2, 0) is 11.3 Å². The molecule has 0 radical (unpaired) electrons. The van der Waals surface area contributed by atoms with Gasteiger partial charge in [0.25, 0.3) is 0 Å². The number of nitrogens with one attached hydrogen (secondary N) is 1. The second kappa shape index (κ2) is 10.7. The highest BCUT2D eigenvalue weighted by Gasteiger charge is 2.19. The highest BCUT2D eigenvalue weighted by atomic mass is 16.5. The van der Waals surface area contributed by atoms with Crippen LogP contribution in [0.15, 0.2) is 53.5 Å². The molecule has 6 nitrogen and oxygen atoms in total. The Labute approximate surface area is 173 Å². The number of ether oxygens (including phenoxy) is 3. The zero-order valence-corrected chi connectivity index (χ0v) is 17.6. The van der Waals surface area contributed by atoms with E-state index in [0.29, 0.717) is 24.0 Å². The van der Waals surface area contributed by atoms with E-state index in [1.54, 1.807) is 7.11 Å². The average molecular weight is 398 g/mol. The standard InChI is InChI=1S/C23H31N3O3/c1-4-24-23(26(2)16-19-13-14-28-17-19)25-15-18-9-11-20(12-10-18)29-22-8-6-5-7-21(22)27-3/h5-12,19H,4,13-17H2,1-3H3,(H,24,25). The fourth-order valence-corrected chi connectivity index (χ4v) is 3.33. The predicted molar refractivity (Wildman–Crippen MR) is 116 cm³/mol. The third-order valence-corrected chi connectivity index (χ3v) is 4.88. The quantitative estimate of drug-likeness (QED) is 0.540. The van der Waals surface area contributed by atoms with Crippen LogP contribution in [0.25, 0.3) is 0 Å². The van der Waals surface area contributed by atoms with Crippen molar-refractivity contribution in [3.63, 3.8) is 0 Å². The Morgan fingerprint density at radius 2 is 1.93 bits per heavy atom. The Bertz CT molecular complexity index is 786. The first kappa shape index (κ1) is 21.0. The van der Waals surface area contributed by atoms with Gasteiger partial charge in [0.05, 0.1) is 20.3 Å². The van der Waals surface area contributed by atoms with E-state index in [2.05, 4.69) is 24.2 Å². The summed E-state index contributed by atoms with van der Waals surface area (Å²) in [7, 11) is 3.73. The fraction of sp³-hybridized carbons (Fsp3) is 0.435. The minimum atomic E-state index is 0.579. The Hall–Kier alpha value is -2.73. The molecule has 1 atom stereocenters. The Morgan fingerprint density at radius 1 is 1.17 bits per heavy atom. The third kappa shape index (κ3) is 6.12. The van der Waals surface area contributed by atoms with Crippen LogP contribution >= 0.6 is 0 Å². The molecule has 1 heterocycles. The molecular formula is C23H31N3O3. The minimum Gasteiger partial charge on any atom is -0.493 e. The second-order valence-corrected chi connectivity index (χ2v) is 7.18. The Balaban J connectivity index is 1.60. The molecule has 1 aliphatic rings. The fourth-order valence-electron chi connectivity index (χ4n) is 3.33. The van der Waals surface area contributed by atoms with Crippen molar-refractivity contribution in [3.8, 4) is 17.2 Å². The summed E-state index contributed by atoms with van der Waals surface area (Å²) in [6.45, 7) is 6.22. The van der Waals surface area contributed by atoms with E-state index in [1.165, 1.54) is 0 Å². The molecule has 2 aromatic carbocycles. The zero-order valence-electron chi connectivity index (χ0n) is 17.6. The average Bonchev–Trinajstić information content (AvgIpc) is 3.25. The molecule has 0 aromatic heterocycles. The van der Waals surface area contributed by atoms with Crippen LogP contribution in [0.3, 0.4) is 0 Å². The van der Waals surface area contributed by atoms with Gasteiger partial charge in [-0.05, 0) is 43.2 Å². The number of para-hydroxylation sites is 2. The lowest BCUT2D eigenvalue weighted by Crippen LogP contribution is -2.41. The van der Waals surface area contributed by atoms with E-state index in [9.17, 15) is 0 Å². The van der Waals surface area contributed by atoms with Gasteiger partial charge in [-0.3, -0.25) is 0 Å². The van der Waals surface area contributed by atoms with Gasteiger partial charge in [0, 0.05) is 32.7 Å². The van der Waals surface area contributed by atoms with E-state index < -0.39 is 0 Å². The number of guanidine groups is 1. The number of benzene rings is 2. The van der Waals surface area contributed by atoms with Crippen molar-refractivity contribution in [2.45, 2.75) is 19.9 Å². The number of nitrogens with zero attached hydrogens (tertiary/aromatic N) is 2. The van der Waals surface area contributed by atoms with E-state index in [1.807, 2.05) is 48.5 Å². The largest absolute Gasteiger partial charge is 0.493 e. The van der Waals surface area contributed by atoms with Crippen molar-refractivity contribution in [1.82, 2.24) is 10.2 Å². The Kier molecular flexibility index (Phi) is 7.76. The monoisotopic (exact) mass is 397 g/mol. The van der Waals surface area contributed by atoms with Gasteiger partial charge in [-0.25, -0.2) is 4.99 Å². The van der Waals surface area contributed by atoms with Gasteiger partial charge in [0.2, 0.25) is 0 Å². The van der Waals surface area contributed by atoms with E-state index in [4.69, 9.17) is 19.2 Å². The van der Waals surface area contributed by atoms with Gasteiger partial charge in [0.1, 0.15) is 5.75 Å². The minimum absolute atomic E-state index is 0.579. The summed E-state index contributed by atoms with van der Waals surface area (Å²) >= 11 is 0. The molecule has 0 aliphatic carbocycles. The van der Waals surface area contributed by atoms with Crippen LogP contribution < -0.4 is 14.8 Å². The molecule has 6 heteroatoms. The van der Waals surface area contributed by atoms with E-state index in [-0.39, 0.29) is 0 Å². The molecule has 2 aromatic rings. The molecule has 1 unspecified atom stereocenters. The van der Waals surface area contributed by atoms with Crippen molar-refractivity contribution in [3.05, 3.63) is 54.1 Å². The molecule has 156 valence electrons. The molecule has 0 spiro atoms. The lowest BCUT2D eigenvalue weighted by molar-refractivity contribution is 0.181. The highest BCUT2D eigenvalue weighted by Crippen LogP contribution is 2.30. The summed E-state index contributed by atoms with van der Waals surface area (Å²) < 4.78 is 16.8. The summed E-state index contributed by atoms with van der Waals surface area (Å²) in [4.78, 5) is 6.99. The molecular weight excluding hydrogens is 366 g/mol. The van der Waals surface area contributed by atoms with Crippen LogP contribution in [0.4, 0.5) is 0 Å². The summed E-state index contributed by atoms with van der Waals surface area (Å²) in [5.41, 5.74) is 1.13. The van der Waals surface area contributed by atoms with Crippen LogP contribution in [0.2, 0.25) is 0 Å². The predicted octanol–water partition coefficient (Wildman–Crippen LogP) is 3.92. The lowest BCUT2D eigenvalue weighted by Gasteiger charge is -2.24. The first-order chi connectivity index (χ1) is 14.2. The number of rotatable bonds is 8. The summed E-state index contributed by atoms with van der Waals surface area (Å²) in [5, 5.41) is 3.38. The number of hydrogen-bond acceptors (Lipinski definition) is 4. The summed E-state index contributed by atoms with van der Waals surface area (Å²) in [6, 6.07) is 15.6. The van der Waals surface area contributed by atoms with Gasteiger partial charge < -0.3 is 24.4 Å². The number of methoxy groups -OCH3 is 1. The molecule has 1 N–H and O–H groups in total. The van der Waals surface area contributed by atoms with Crippen molar-refractivity contribution >= 4 is 5.96 Å². The molecule has 1 aliphatic heterocycles. The first-order valence-corrected chi connectivity index (χ1v) is 10.2. The molecule has 0 saturated carbocycles. The summed E-state index contributed by atoms with van der Waals surface area (Å²) in [6.07, 6.45) is 1.12. The second-order valence-electron chi connectivity index (χ2n) is 7.18. The van der Waals surface area contributed by atoms with Gasteiger partial charge in [-0.1, -0.05) is 24.3 Å². The molecule has 1 saturated heterocycles. The molecule has 1 fully saturated rings. The maximum absolute atomic E-state index is 5.94. The first-order valence-electron chi connectivity index (χ1n) is 10.2. The zero-order chi connectivity index (χ0) is 20.5. The molecule has 29 heavy (non-hydrogen) atoms. The maximum atomic E-state index is 5.94. The third-order valence-electron chi connectivity index (χ3n) is 4.88. The highest BCUT2D eigenvalue weighted by molar-refractivity contribution is 5.79. The van der Waals surface area contributed by atoms with Crippen molar-refractivity contribution in [2.75, 3.05) is 40.5 Å². The number of hydrogen-bond donors (Lipinski definition) is 1. The topological polar surface area (TPSA) is 55.3 Å². The summed E-state index contributed by atoms with van der Waals surface area (Å²) in [5.74, 6) is 3.69. The SMILES string of the molecule is CCNC(=NCc1ccc(Oc2ccccc2OC)cc1)N(C)CC1CCOC1. The van der Waals surface area contributed by atoms with Crippen molar-refractivity contribution < 1.29 is 14.2 Å².